The minimum absolute atomic E-state index is 0.0284. The van der Waals surface area contributed by atoms with Crippen LogP contribution < -0.4 is 11.1 Å². The van der Waals surface area contributed by atoms with Gasteiger partial charge < -0.3 is 11.1 Å². The number of allylic oxidation sites excluding steroid dienone is 1. The second-order valence-corrected chi connectivity index (χ2v) is 2.57. The average molecular weight is 170 g/mol. The third-order valence-electron chi connectivity index (χ3n) is 1.73. The topological polar surface area (TPSA) is 55.1 Å². The van der Waals surface area contributed by atoms with Crippen molar-refractivity contribution in [2.45, 2.75) is 33.6 Å². The smallest absolute Gasteiger partial charge is 0.248 e. The summed E-state index contributed by atoms with van der Waals surface area (Å²) in [6.07, 6.45) is 1.44. The van der Waals surface area contributed by atoms with Crippen LogP contribution in [0.25, 0.3) is 0 Å². The van der Waals surface area contributed by atoms with E-state index in [1.807, 2.05) is 20.8 Å². The normalized spacial score (nSPS) is 12.2. The molecular formula is C9H18N2O. The van der Waals surface area contributed by atoms with Crippen LogP contribution in [0.5, 0.6) is 0 Å². The van der Waals surface area contributed by atoms with Gasteiger partial charge in [-0.05, 0) is 19.8 Å². The fourth-order valence-electron chi connectivity index (χ4n) is 1.01. The molecule has 0 spiro atoms. The lowest BCUT2D eigenvalue weighted by Crippen LogP contribution is -2.26. The van der Waals surface area contributed by atoms with Gasteiger partial charge in [-0.15, -0.1) is 0 Å². The highest BCUT2D eigenvalue weighted by Crippen LogP contribution is 2.06. The second-order valence-electron chi connectivity index (χ2n) is 2.57. The van der Waals surface area contributed by atoms with Gasteiger partial charge in [-0.3, -0.25) is 4.79 Å². The molecule has 0 saturated heterocycles. The van der Waals surface area contributed by atoms with Gasteiger partial charge in [0.05, 0.1) is 0 Å². The molecule has 0 aliphatic heterocycles. The standard InChI is InChI=1S/C9H18N2O/c1-4-7(8(10)5-2)9(12)11-6-3/h4-6,10H2,1-3H3,(H,11,12)/b8-7+. The molecule has 0 atom stereocenters. The van der Waals surface area contributed by atoms with E-state index in [0.717, 1.165) is 12.0 Å². The maximum Gasteiger partial charge on any atom is 0.248 e. The molecule has 0 heterocycles. The third-order valence-corrected chi connectivity index (χ3v) is 1.73. The number of rotatable bonds is 4. The van der Waals surface area contributed by atoms with Crippen molar-refractivity contribution in [3.63, 3.8) is 0 Å². The fourth-order valence-corrected chi connectivity index (χ4v) is 1.01. The van der Waals surface area contributed by atoms with Gasteiger partial charge in [-0.25, -0.2) is 0 Å². The zero-order valence-electron chi connectivity index (χ0n) is 8.11. The number of hydrogen-bond acceptors (Lipinski definition) is 2. The van der Waals surface area contributed by atoms with Crippen LogP contribution in [0.15, 0.2) is 11.3 Å². The summed E-state index contributed by atoms with van der Waals surface area (Å²) in [6.45, 7) is 6.43. The summed E-state index contributed by atoms with van der Waals surface area (Å²) in [5.41, 5.74) is 7.10. The van der Waals surface area contributed by atoms with E-state index in [2.05, 4.69) is 5.32 Å². The first-order chi connectivity index (χ1) is 5.67. The molecule has 0 bridgehead atoms. The van der Waals surface area contributed by atoms with Gasteiger partial charge in [0.1, 0.15) is 0 Å². The van der Waals surface area contributed by atoms with Crippen molar-refractivity contribution in [2.24, 2.45) is 5.73 Å². The molecule has 0 unspecified atom stereocenters. The number of nitrogens with one attached hydrogen (secondary N) is 1. The van der Waals surface area contributed by atoms with Gasteiger partial charge in [0.25, 0.3) is 0 Å². The Bertz CT molecular complexity index is 185. The Balaban J connectivity index is 4.44. The predicted molar refractivity (Wildman–Crippen MR) is 50.5 cm³/mol. The van der Waals surface area contributed by atoms with Crippen molar-refractivity contribution < 1.29 is 4.79 Å². The third kappa shape index (κ3) is 2.95. The molecule has 3 nitrogen and oxygen atoms in total. The minimum atomic E-state index is -0.0284. The van der Waals surface area contributed by atoms with Crippen LogP contribution in [0.3, 0.4) is 0 Å². The van der Waals surface area contributed by atoms with Crippen LogP contribution in [0.4, 0.5) is 0 Å². The number of amides is 1. The molecule has 0 aromatic heterocycles. The lowest BCUT2D eigenvalue weighted by molar-refractivity contribution is -0.117. The zero-order valence-corrected chi connectivity index (χ0v) is 8.11. The molecule has 0 fully saturated rings. The summed E-state index contributed by atoms with van der Waals surface area (Å²) in [6, 6.07) is 0. The molecule has 3 N–H and O–H groups in total. The van der Waals surface area contributed by atoms with E-state index in [0.29, 0.717) is 18.7 Å². The molecule has 12 heavy (non-hydrogen) atoms. The largest absolute Gasteiger partial charge is 0.402 e. The molecule has 70 valence electrons. The molecule has 0 aromatic carbocycles. The Kier molecular flexibility index (Phi) is 5.17. The molecule has 0 aliphatic rings. The van der Waals surface area contributed by atoms with Crippen molar-refractivity contribution in [1.82, 2.24) is 5.32 Å². The monoisotopic (exact) mass is 170 g/mol. The number of nitrogens with two attached hydrogens (primary N) is 1. The maximum absolute atomic E-state index is 11.3. The van der Waals surface area contributed by atoms with E-state index in [1.165, 1.54) is 0 Å². The van der Waals surface area contributed by atoms with E-state index in [-0.39, 0.29) is 5.91 Å². The van der Waals surface area contributed by atoms with Gasteiger partial charge in [0.2, 0.25) is 5.91 Å². The SMILES string of the molecule is CCNC(=O)/C(CC)=C(/N)CC. The molecule has 0 rings (SSSR count). The van der Waals surface area contributed by atoms with E-state index in [1.54, 1.807) is 0 Å². The van der Waals surface area contributed by atoms with Crippen molar-refractivity contribution in [2.75, 3.05) is 6.54 Å². The van der Waals surface area contributed by atoms with Crippen molar-refractivity contribution in [3.8, 4) is 0 Å². The summed E-state index contributed by atoms with van der Waals surface area (Å²) >= 11 is 0. The van der Waals surface area contributed by atoms with Gasteiger partial charge in [0, 0.05) is 17.8 Å². The highest BCUT2D eigenvalue weighted by molar-refractivity contribution is 5.93. The first-order valence-corrected chi connectivity index (χ1v) is 4.42. The van der Waals surface area contributed by atoms with E-state index in [9.17, 15) is 4.79 Å². The molecule has 0 saturated carbocycles. The van der Waals surface area contributed by atoms with E-state index < -0.39 is 0 Å². The van der Waals surface area contributed by atoms with Crippen LogP contribution in [-0.2, 0) is 4.79 Å². The highest BCUT2D eigenvalue weighted by atomic mass is 16.1. The van der Waals surface area contributed by atoms with Crippen molar-refractivity contribution >= 4 is 5.91 Å². The van der Waals surface area contributed by atoms with E-state index in [4.69, 9.17) is 5.73 Å². The van der Waals surface area contributed by atoms with Crippen molar-refractivity contribution in [3.05, 3.63) is 11.3 Å². The van der Waals surface area contributed by atoms with Gasteiger partial charge in [0.15, 0.2) is 0 Å². The molecular weight excluding hydrogens is 152 g/mol. The minimum Gasteiger partial charge on any atom is -0.402 e. The van der Waals surface area contributed by atoms with E-state index >= 15 is 0 Å². The summed E-state index contributed by atoms with van der Waals surface area (Å²) in [7, 11) is 0. The number of carbonyl (C=O) groups excluding carboxylic acids is 1. The van der Waals surface area contributed by atoms with Crippen LogP contribution in [0.1, 0.15) is 33.6 Å². The van der Waals surface area contributed by atoms with Crippen molar-refractivity contribution in [1.29, 1.82) is 0 Å². The summed E-state index contributed by atoms with van der Waals surface area (Å²) < 4.78 is 0. The molecule has 0 aromatic rings. The van der Waals surface area contributed by atoms with Gasteiger partial charge in [-0.1, -0.05) is 13.8 Å². The Morgan fingerprint density at radius 2 is 1.83 bits per heavy atom. The highest BCUT2D eigenvalue weighted by Gasteiger charge is 2.08. The summed E-state index contributed by atoms with van der Waals surface area (Å²) in [5, 5.41) is 2.73. The van der Waals surface area contributed by atoms with Gasteiger partial charge >= 0.3 is 0 Å². The second kappa shape index (κ2) is 5.63. The quantitative estimate of drug-likeness (QED) is 0.622. The number of likely N-dealkylation sites (N-methyl/N-ethyl adjacent to an activating group) is 1. The Labute approximate surface area is 74.0 Å². The molecule has 0 aliphatic carbocycles. The Hall–Kier alpha value is -0.990. The lowest BCUT2D eigenvalue weighted by Gasteiger charge is -2.07. The lowest BCUT2D eigenvalue weighted by atomic mass is 10.1. The predicted octanol–water partition coefficient (Wildman–Crippen LogP) is 1.16. The molecule has 1 amide bonds. The number of hydrogen-bond donors (Lipinski definition) is 2. The first kappa shape index (κ1) is 11.0. The summed E-state index contributed by atoms with van der Waals surface area (Å²) in [5.74, 6) is -0.0284. The van der Waals surface area contributed by atoms with Crippen LogP contribution in [0, 0.1) is 0 Å². The first-order valence-electron chi connectivity index (χ1n) is 4.42. The Morgan fingerprint density at radius 3 is 2.17 bits per heavy atom. The summed E-state index contributed by atoms with van der Waals surface area (Å²) in [4.78, 5) is 11.3. The maximum atomic E-state index is 11.3. The molecule has 3 heteroatoms. The van der Waals surface area contributed by atoms with Gasteiger partial charge in [-0.2, -0.15) is 0 Å². The zero-order chi connectivity index (χ0) is 9.56. The van der Waals surface area contributed by atoms with Crippen LogP contribution in [0.2, 0.25) is 0 Å². The molecule has 0 radical (unpaired) electrons. The Morgan fingerprint density at radius 1 is 1.25 bits per heavy atom. The average Bonchev–Trinajstić information content (AvgIpc) is 2.06. The number of carbonyl (C=O) groups is 1. The van der Waals surface area contributed by atoms with Crippen LogP contribution >= 0.6 is 0 Å². The van der Waals surface area contributed by atoms with Crippen LogP contribution in [-0.4, -0.2) is 12.5 Å². The fraction of sp³-hybridized carbons (Fsp3) is 0.667.